The first-order valence-corrected chi connectivity index (χ1v) is 3.89. The van der Waals surface area contributed by atoms with Gasteiger partial charge in [0.2, 0.25) is 0 Å². The van der Waals surface area contributed by atoms with E-state index in [1.54, 1.807) is 0 Å². The quantitative estimate of drug-likeness (QED) is 0.593. The van der Waals surface area contributed by atoms with Gasteiger partial charge in [0, 0.05) is 0 Å². The summed E-state index contributed by atoms with van der Waals surface area (Å²) in [5.41, 5.74) is -12.1. The van der Waals surface area contributed by atoms with Crippen LogP contribution in [0, 0.1) is 0 Å². The van der Waals surface area contributed by atoms with E-state index in [-0.39, 0.29) is 0 Å². The van der Waals surface area contributed by atoms with E-state index in [1.807, 2.05) is 0 Å². The van der Waals surface area contributed by atoms with Gasteiger partial charge in [0.25, 0.3) is 11.3 Å². The summed E-state index contributed by atoms with van der Waals surface area (Å²) in [5, 5.41) is 0. The predicted octanol–water partition coefficient (Wildman–Crippen LogP) is 3.49. The van der Waals surface area contributed by atoms with E-state index < -0.39 is 40.8 Å². The van der Waals surface area contributed by atoms with Crippen LogP contribution in [-0.2, 0) is 0 Å². The van der Waals surface area contributed by atoms with Crippen LogP contribution < -0.4 is 0 Å². The topological polar surface area (TPSA) is 0 Å². The van der Waals surface area contributed by atoms with Gasteiger partial charge in [-0.15, -0.1) is 0 Å². The van der Waals surface area contributed by atoms with Gasteiger partial charge in [-0.25, -0.2) is 17.6 Å². The van der Waals surface area contributed by atoms with Crippen LogP contribution in [0.5, 0.6) is 0 Å². The molecule has 0 N–H and O–H groups in total. The fraction of sp³-hybridized carbons (Fsp3) is 0.714. The first kappa shape index (κ1) is 12.5. The Morgan fingerprint density at radius 1 is 0.471 bits per heavy atom. The molecule has 0 aliphatic heterocycles. The van der Waals surface area contributed by atoms with E-state index >= 15 is 0 Å². The molecule has 2 rings (SSSR count). The normalized spacial score (nSPS) is 45.5. The van der Waals surface area contributed by atoms with Crippen molar-refractivity contribution in [3.05, 3.63) is 11.7 Å². The number of rotatable bonds is 0. The largest absolute Gasteiger partial charge is 0.360 e. The summed E-state index contributed by atoms with van der Waals surface area (Å²) in [5.74, 6) is -26.1. The molecule has 2 bridgehead atoms. The first-order valence-electron chi connectivity index (χ1n) is 3.89. The first-order chi connectivity index (χ1) is 7.32. The lowest BCUT2D eigenvalue weighted by molar-refractivity contribution is -0.265. The molecule has 0 radical (unpaired) electrons. The van der Waals surface area contributed by atoms with Crippen molar-refractivity contribution in [1.29, 1.82) is 0 Å². The molecule has 0 heterocycles. The summed E-state index contributed by atoms with van der Waals surface area (Å²) < 4.78 is 128. The van der Waals surface area contributed by atoms with Crippen LogP contribution in [0.4, 0.5) is 43.9 Å². The Labute approximate surface area is 85.9 Å². The molecule has 0 spiro atoms. The summed E-state index contributed by atoms with van der Waals surface area (Å²) in [6, 6.07) is 0. The Balaban J connectivity index is 2.93. The van der Waals surface area contributed by atoms with Crippen LogP contribution >= 0.6 is 0 Å². The molecule has 17 heavy (non-hydrogen) atoms. The Hall–Kier alpha value is -0.960. The van der Waals surface area contributed by atoms with Crippen molar-refractivity contribution >= 4 is 0 Å². The van der Waals surface area contributed by atoms with Crippen LogP contribution in [-0.4, -0.2) is 29.1 Å². The van der Waals surface area contributed by atoms with Crippen LogP contribution in [0.25, 0.3) is 0 Å². The molecule has 1 saturated carbocycles. The van der Waals surface area contributed by atoms with Crippen molar-refractivity contribution < 1.29 is 43.9 Å². The van der Waals surface area contributed by atoms with Gasteiger partial charge in [-0.1, -0.05) is 0 Å². The number of hydrogen-bond donors (Lipinski definition) is 0. The van der Waals surface area contributed by atoms with Crippen molar-refractivity contribution in [2.45, 2.75) is 29.1 Å². The smallest absolute Gasteiger partial charge is 0.222 e. The minimum absolute atomic E-state index is 3.54. The monoisotopic (exact) mass is 274 g/mol. The maximum atomic E-state index is 13.1. The molecule has 2 aliphatic rings. The fourth-order valence-electron chi connectivity index (χ4n) is 1.92. The maximum absolute atomic E-state index is 13.1. The highest BCUT2D eigenvalue weighted by Gasteiger charge is 3.05. The van der Waals surface area contributed by atoms with Crippen molar-refractivity contribution in [3.63, 3.8) is 0 Å². The Kier molecular flexibility index (Phi) is 1.77. The molecule has 0 nitrogen and oxygen atoms in total. The second kappa shape index (κ2) is 2.41. The van der Waals surface area contributed by atoms with Crippen LogP contribution in [0.15, 0.2) is 11.7 Å². The lowest BCUT2D eigenvalue weighted by Gasteiger charge is -2.31. The molecule has 1 fully saturated rings. The van der Waals surface area contributed by atoms with Crippen LogP contribution in [0.1, 0.15) is 0 Å². The SMILES string of the molecule is FC1=C(F)C2(F)C(F)(F)C(F)(F)C1(F)C2(F)F. The van der Waals surface area contributed by atoms with Gasteiger partial charge in [-0.3, -0.25) is 0 Å². The second-order valence-electron chi connectivity index (χ2n) is 3.67. The third-order valence-electron chi connectivity index (χ3n) is 2.92. The number of halogens is 10. The molecule has 98 valence electrons. The minimum Gasteiger partial charge on any atom is -0.222 e. The highest BCUT2D eigenvalue weighted by molar-refractivity contribution is 5.52. The predicted molar refractivity (Wildman–Crippen MR) is 31.8 cm³/mol. The third-order valence-corrected chi connectivity index (χ3v) is 2.92. The Morgan fingerprint density at radius 3 is 0.882 bits per heavy atom. The molecule has 0 aromatic heterocycles. The van der Waals surface area contributed by atoms with Gasteiger partial charge in [-0.05, 0) is 0 Å². The summed E-state index contributed by atoms with van der Waals surface area (Å²) in [4.78, 5) is 0. The van der Waals surface area contributed by atoms with E-state index in [0.717, 1.165) is 0 Å². The zero-order chi connectivity index (χ0) is 13.7. The van der Waals surface area contributed by atoms with Gasteiger partial charge in [-0.2, -0.15) is 26.3 Å². The molecule has 10 heteroatoms. The molecule has 2 atom stereocenters. The van der Waals surface area contributed by atoms with Crippen molar-refractivity contribution in [2.24, 2.45) is 0 Å². The Morgan fingerprint density at radius 2 is 0.706 bits per heavy atom. The van der Waals surface area contributed by atoms with Crippen LogP contribution in [0.2, 0.25) is 0 Å². The summed E-state index contributed by atoms with van der Waals surface area (Å²) in [7, 11) is 0. The number of alkyl halides is 8. The van der Waals surface area contributed by atoms with Crippen LogP contribution in [0.3, 0.4) is 0 Å². The molecule has 0 aromatic carbocycles. The second-order valence-corrected chi connectivity index (χ2v) is 3.67. The van der Waals surface area contributed by atoms with Gasteiger partial charge in [0.1, 0.15) is 0 Å². The molecular formula is C7F10. The maximum Gasteiger partial charge on any atom is 0.360 e. The number of allylic oxidation sites excluding steroid dienone is 2. The zero-order valence-electron chi connectivity index (χ0n) is 7.28. The average Bonchev–Trinajstić information content (AvgIpc) is 2.33. The summed E-state index contributed by atoms with van der Waals surface area (Å²) >= 11 is 0. The Bertz CT molecular complexity index is 398. The standard InChI is InChI=1S/C7F10/c8-1-2(9)4(11)5(12,13)3(1,10)6(14,15)7(4,16)17. The van der Waals surface area contributed by atoms with Gasteiger partial charge in [0.15, 0.2) is 11.7 Å². The third kappa shape index (κ3) is 0.709. The van der Waals surface area contributed by atoms with Crippen molar-refractivity contribution in [3.8, 4) is 0 Å². The lowest BCUT2D eigenvalue weighted by atomic mass is 9.94. The van der Waals surface area contributed by atoms with Gasteiger partial charge < -0.3 is 0 Å². The highest BCUT2D eigenvalue weighted by atomic mass is 19.3. The van der Waals surface area contributed by atoms with Crippen molar-refractivity contribution in [2.75, 3.05) is 0 Å². The molecule has 0 amide bonds. The number of hydrogen-bond acceptors (Lipinski definition) is 0. The molecule has 2 unspecified atom stereocenters. The van der Waals surface area contributed by atoms with E-state index in [9.17, 15) is 43.9 Å². The van der Waals surface area contributed by atoms with Gasteiger partial charge in [0.05, 0.1) is 0 Å². The van der Waals surface area contributed by atoms with E-state index in [0.29, 0.717) is 0 Å². The van der Waals surface area contributed by atoms with E-state index in [1.165, 1.54) is 0 Å². The molecule has 0 aromatic rings. The van der Waals surface area contributed by atoms with Crippen molar-refractivity contribution in [1.82, 2.24) is 0 Å². The molecular weight excluding hydrogens is 274 g/mol. The lowest BCUT2D eigenvalue weighted by Crippen LogP contribution is -2.57. The van der Waals surface area contributed by atoms with E-state index in [4.69, 9.17) is 0 Å². The van der Waals surface area contributed by atoms with Gasteiger partial charge >= 0.3 is 17.8 Å². The molecule has 2 aliphatic carbocycles. The number of fused-ring (bicyclic) bond motifs is 2. The van der Waals surface area contributed by atoms with E-state index in [2.05, 4.69) is 0 Å². The highest BCUT2D eigenvalue weighted by Crippen LogP contribution is 2.77. The average molecular weight is 274 g/mol. The minimum atomic E-state index is -6.40. The molecule has 0 saturated heterocycles. The summed E-state index contributed by atoms with van der Waals surface area (Å²) in [6.07, 6.45) is 0. The zero-order valence-corrected chi connectivity index (χ0v) is 7.28. The summed E-state index contributed by atoms with van der Waals surface area (Å²) in [6.45, 7) is 0. The fourth-order valence-corrected chi connectivity index (χ4v) is 1.92.